The van der Waals surface area contributed by atoms with Crippen molar-refractivity contribution in [2.45, 2.75) is 11.8 Å². The first-order valence-corrected chi connectivity index (χ1v) is 3.67. The first kappa shape index (κ1) is 6.05. The Hall–Kier alpha value is -0.690. The highest BCUT2D eigenvalue weighted by atomic mass is 35.5. The van der Waals surface area contributed by atoms with Crippen molar-refractivity contribution in [1.82, 2.24) is 0 Å². The van der Waals surface area contributed by atoms with Crippen LogP contribution in [0.25, 0.3) is 0 Å². The van der Waals surface area contributed by atoms with Gasteiger partial charge in [0.2, 0.25) is 0 Å². The first-order chi connectivity index (χ1) is 4.79. The molecule has 0 heterocycles. The van der Waals surface area contributed by atoms with E-state index < -0.39 is 0 Å². The summed E-state index contributed by atoms with van der Waals surface area (Å²) in [5.41, 5.74) is 2.10. The lowest BCUT2D eigenvalue weighted by Gasteiger charge is -2.25. The van der Waals surface area contributed by atoms with Gasteiger partial charge in [-0.3, -0.25) is 0 Å². The second-order valence-electron chi connectivity index (χ2n) is 2.52. The molecule has 0 aliphatic heterocycles. The normalized spacial score (nSPS) is 21.5. The zero-order valence-corrected chi connectivity index (χ0v) is 6.10. The Balaban J connectivity index is 2.56. The molecule has 2 rings (SSSR count). The number of halogens is 1. The molecule has 1 aliphatic carbocycles. The lowest BCUT2D eigenvalue weighted by molar-refractivity contribution is 0.460. The van der Waals surface area contributed by atoms with Gasteiger partial charge in [-0.2, -0.15) is 0 Å². The summed E-state index contributed by atoms with van der Waals surface area (Å²) in [4.78, 5) is 0. The predicted molar refractivity (Wildman–Crippen MR) is 40.4 cm³/mol. The van der Waals surface area contributed by atoms with Crippen LogP contribution in [0.15, 0.2) is 18.2 Å². The largest absolute Gasteiger partial charge is 0.508 e. The second-order valence-corrected chi connectivity index (χ2v) is 3.04. The topological polar surface area (TPSA) is 20.2 Å². The van der Waals surface area contributed by atoms with Gasteiger partial charge in [0.1, 0.15) is 5.75 Å². The number of benzene rings is 1. The first-order valence-electron chi connectivity index (χ1n) is 3.24. The smallest absolute Gasteiger partial charge is 0.119 e. The van der Waals surface area contributed by atoms with Crippen LogP contribution in [-0.2, 0) is 6.42 Å². The van der Waals surface area contributed by atoms with Crippen molar-refractivity contribution in [3.8, 4) is 5.75 Å². The van der Waals surface area contributed by atoms with Gasteiger partial charge in [0.25, 0.3) is 0 Å². The highest BCUT2D eigenvalue weighted by molar-refractivity contribution is 6.22. The van der Waals surface area contributed by atoms with Crippen LogP contribution in [0.2, 0.25) is 0 Å². The Morgan fingerprint density at radius 2 is 2.30 bits per heavy atom. The van der Waals surface area contributed by atoms with E-state index in [4.69, 9.17) is 11.6 Å². The minimum Gasteiger partial charge on any atom is -0.508 e. The maximum absolute atomic E-state index is 9.21. The molecule has 0 spiro atoms. The molecule has 52 valence electrons. The summed E-state index contributed by atoms with van der Waals surface area (Å²) in [7, 11) is 0. The average Bonchev–Trinajstić information content (AvgIpc) is 1.91. The summed E-state index contributed by atoms with van der Waals surface area (Å²) in [6.07, 6.45) is 0.809. The quantitative estimate of drug-likeness (QED) is 0.569. The number of rotatable bonds is 0. The number of hydrogen-bond acceptors (Lipinski definition) is 1. The minimum absolute atomic E-state index is 0.127. The van der Waals surface area contributed by atoms with Crippen LogP contribution in [0, 0.1) is 0 Å². The number of phenols is 1. The summed E-state index contributed by atoms with van der Waals surface area (Å²) < 4.78 is 0. The molecule has 0 aromatic heterocycles. The number of hydrogen-bond donors (Lipinski definition) is 1. The minimum atomic E-state index is 0.127. The molecule has 1 aromatic rings. The summed E-state index contributed by atoms with van der Waals surface area (Å²) in [6, 6.07) is 5.47. The van der Waals surface area contributed by atoms with Crippen molar-refractivity contribution in [1.29, 1.82) is 0 Å². The standard InChI is InChI=1S/C8H7ClO/c9-7-4-6-5(7)2-1-3-8(6)10/h1-3,7,10H,4H2. The van der Waals surface area contributed by atoms with Gasteiger partial charge >= 0.3 is 0 Å². The number of alkyl halides is 1. The predicted octanol–water partition coefficient (Wildman–Crippen LogP) is 2.23. The molecule has 0 saturated carbocycles. The van der Waals surface area contributed by atoms with E-state index in [1.165, 1.54) is 0 Å². The average molecular weight is 155 g/mol. The molecule has 1 nitrogen and oxygen atoms in total. The van der Waals surface area contributed by atoms with Crippen LogP contribution in [0.1, 0.15) is 16.5 Å². The molecule has 2 heteroatoms. The van der Waals surface area contributed by atoms with Crippen molar-refractivity contribution in [2.24, 2.45) is 0 Å². The Morgan fingerprint density at radius 1 is 1.50 bits per heavy atom. The summed E-state index contributed by atoms with van der Waals surface area (Å²) >= 11 is 5.84. The molecule has 0 fully saturated rings. The fourth-order valence-corrected chi connectivity index (χ4v) is 1.62. The van der Waals surface area contributed by atoms with Gasteiger partial charge in [-0.25, -0.2) is 0 Å². The van der Waals surface area contributed by atoms with Gasteiger partial charge in [0, 0.05) is 5.56 Å². The summed E-state index contributed by atoms with van der Waals surface area (Å²) in [6.45, 7) is 0. The summed E-state index contributed by atoms with van der Waals surface area (Å²) in [5.74, 6) is 0.384. The van der Waals surface area contributed by atoms with Crippen molar-refractivity contribution in [3.05, 3.63) is 29.3 Å². The fraction of sp³-hybridized carbons (Fsp3) is 0.250. The third-order valence-corrected chi connectivity index (χ3v) is 2.30. The lowest BCUT2D eigenvalue weighted by Crippen LogP contribution is -2.11. The van der Waals surface area contributed by atoms with E-state index >= 15 is 0 Å². The molecule has 0 bridgehead atoms. The third-order valence-electron chi connectivity index (χ3n) is 1.91. The van der Waals surface area contributed by atoms with Gasteiger partial charge in [0.15, 0.2) is 0 Å². The van der Waals surface area contributed by atoms with E-state index in [1.54, 1.807) is 6.07 Å². The van der Waals surface area contributed by atoms with Crippen molar-refractivity contribution < 1.29 is 5.11 Å². The highest BCUT2D eigenvalue weighted by Crippen LogP contribution is 2.42. The Kier molecular flexibility index (Phi) is 1.15. The molecule has 1 unspecified atom stereocenters. The molecule has 0 radical (unpaired) electrons. The molecule has 1 aliphatic rings. The maximum atomic E-state index is 9.21. The number of phenolic OH excluding ortho intramolecular Hbond substituents is 1. The molecular formula is C8H7ClO. The van der Waals surface area contributed by atoms with E-state index in [1.807, 2.05) is 12.1 Å². The third kappa shape index (κ3) is 0.641. The Morgan fingerprint density at radius 3 is 2.90 bits per heavy atom. The van der Waals surface area contributed by atoms with Crippen LogP contribution in [-0.4, -0.2) is 5.11 Å². The fourth-order valence-electron chi connectivity index (χ4n) is 1.27. The molecule has 1 atom stereocenters. The Labute approximate surface area is 64.3 Å². The van der Waals surface area contributed by atoms with Gasteiger partial charge in [-0.1, -0.05) is 12.1 Å². The molecule has 1 aromatic carbocycles. The maximum Gasteiger partial charge on any atom is 0.119 e. The zero-order valence-electron chi connectivity index (χ0n) is 5.34. The van der Waals surface area contributed by atoms with Gasteiger partial charge in [-0.05, 0) is 18.1 Å². The van der Waals surface area contributed by atoms with Gasteiger partial charge in [-0.15, -0.1) is 11.6 Å². The van der Waals surface area contributed by atoms with Crippen molar-refractivity contribution in [3.63, 3.8) is 0 Å². The second kappa shape index (κ2) is 1.89. The highest BCUT2D eigenvalue weighted by Gasteiger charge is 2.25. The van der Waals surface area contributed by atoms with E-state index in [0.717, 1.165) is 17.5 Å². The van der Waals surface area contributed by atoms with Crippen LogP contribution in [0.4, 0.5) is 0 Å². The lowest BCUT2D eigenvalue weighted by atomic mass is 9.87. The molecule has 10 heavy (non-hydrogen) atoms. The summed E-state index contributed by atoms with van der Waals surface area (Å²) in [5, 5.41) is 9.34. The molecular weight excluding hydrogens is 148 g/mol. The monoisotopic (exact) mass is 154 g/mol. The number of aromatic hydroxyl groups is 1. The van der Waals surface area contributed by atoms with Gasteiger partial charge in [0.05, 0.1) is 5.38 Å². The zero-order chi connectivity index (χ0) is 7.14. The Bertz CT molecular complexity index is 270. The van der Waals surface area contributed by atoms with Crippen LogP contribution in [0.5, 0.6) is 5.75 Å². The van der Waals surface area contributed by atoms with Crippen molar-refractivity contribution in [2.75, 3.05) is 0 Å². The molecule has 0 saturated heterocycles. The van der Waals surface area contributed by atoms with E-state index in [2.05, 4.69) is 0 Å². The van der Waals surface area contributed by atoms with E-state index in [0.29, 0.717) is 5.75 Å². The molecule has 1 N–H and O–H groups in total. The number of fused-ring (bicyclic) bond motifs is 1. The SMILES string of the molecule is Oc1cccc2c1CC2Cl. The molecule has 0 amide bonds. The van der Waals surface area contributed by atoms with E-state index in [-0.39, 0.29) is 5.38 Å². The van der Waals surface area contributed by atoms with Gasteiger partial charge < -0.3 is 5.11 Å². The van der Waals surface area contributed by atoms with Crippen molar-refractivity contribution >= 4 is 11.6 Å². The van der Waals surface area contributed by atoms with Crippen LogP contribution in [0.3, 0.4) is 0 Å². The van der Waals surface area contributed by atoms with Crippen LogP contribution >= 0.6 is 11.6 Å². The van der Waals surface area contributed by atoms with E-state index in [9.17, 15) is 5.11 Å². The van der Waals surface area contributed by atoms with Crippen LogP contribution < -0.4 is 0 Å².